The third-order valence-electron chi connectivity index (χ3n) is 2.66. The van der Waals surface area contributed by atoms with Gasteiger partial charge in [0.25, 0.3) is 0 Å². The Bertz CT molecular complexity index is 543. The molecule has 0 aromatic heterocycles. The molecular weight excluding hydrogens is 271 g/mol. The Kier molecular flexibility index (Phi) is 4.88. The van der Waals surface area contributed by atoms with Crippen LogP contribution >= 0.6 is 0 Å². The third-order valence-corrected chi connectivity index (χ3v) is 3.84. The average Bonchev–Trinajstić information content (AvgIpc) is 2.35. The zero-order valence-corrected chi connectivity index (χ0v) is 11.9. The van der Waals surface area contributed by atoms with E-state index in [4.69, 9.17) is 0 Å². The first-order valence-corrected chi connectivity index (χ1v) is 7.62. The van der Waals surface area contributed by atoms with Gasteiger partial charge in [-0.15, -0.1) is 0 Å². The Morgan fingerprint density at radius 1 is 1.37 bits per heavy atom. The number of carbonyl (C=O) groups excluding carboxylic acids is 1. The molecule has 106 valence electrons. The van der Waals surface area contributed by atoms with Gasteiger partial charge in [-0.05, 0) is 30.7 Å². The minimum absolute atomic E-state index is 0.263. The summed E-state index contributed by atoms with van der Waals surface area (Å²) in [6.45, 7) is 1.71. The van der Waals surface area contributed by atoms with Crippen molar-refractivity contribution in [2.24, 2.45) is 0 Å². The van der Waals surface area contributed by atoms with Gasteiger partial charge < -0.3 is 5.32 Å². The van der Waals surface area contributed by atoms with Crippen LogP contribution in [0.2, 0.25) is 0 Å². The number of nitrogens with zero attached hydrogens (tertiary/aromatic N) is 1. The van der Waals surface area contributed by atoms with Crippen molar-refractivity contribution in [2.75, 3.05) is 17.6 Å². The van der Waals surface area contributed by atoms with Crippen LogP contribution in [0.25, 0.3) is 0 Å². The van der Waals surface area contributed by atoms with Crippen molar-refractivity contribution in [3.63, 3.8) is 0 Å². The fourth-order valence-electron chi connectivity index (χ4n) is 1.81. The number of rotatable bonds is 5. The van der Waals surface area contributed by atoms with Gasteiger partial charge >= 0.3 is 0 Å². The molecule has 1 aromatic rings. The molecule has 0 aliphatic heterocycles. The molecule has 1 rings (SSSR count). The van der Waals surface area contributed by atoms with Crippen molar-refractivity contribution in [3.8, 4) is 0 Å². The fraction of sp³-hybridized carbons (Fsp3) is 0.417. The average molecular weight is 288 g/mol. The van der Waals surface area contributed by atoms with Crippen LogP contribution in [-0.4, -0.2) is 33.7 Å². The first-order chi connectivity index (χ1) is 8.81. The normalized spacial score (nSPS) is 12.8. The second-order valence-corrected chi connectivity index (χ2v) is 5.93. The van der Waals surface area contributed by atoms with Crippen molar-refractivity contribution >= 4 is 21.6 Å². The van der Waals surface area contributed by atoms with E-state index in [-0.39, 0.29) is 5.69 Å². The van der Waals surface area contributed by atoms with Crippen molar-refractivity contribution in [3.05, 3.63) is 30.1 Å². The SMILES string of the molecule is CC[C@H](C(=O)NC)N(c1ccc(F)cc1)S(C)(=O)=O. The highest BCUT2D eigenvalue weighted by molar-refractivity contribution is 7.92. The summed E-state index contributed by atoms with van der Waals surface area (Å²) >= 11 is 0. The molecule has 0 radical (unpaired) electrons. The summed E-state index contributed by atoms with van der Waals surface area (Å²) in [4.78, 5) is 11.8. The lowest BCUT2D eigenvalue weighted by Gasteiger charge is -2.29. The molecule has 0 saturated heterocycles. The number of anilines is 1. The topological polar surface area (TPSA) is 66.5 Å². The summed E-state index contributed by atoms with van der Waals surface area (Å²) in [5.41, 5.74) is 0.263. The van der Waals surface area contributed by atoms with E-state index in [2.05, 4.69) is 5.32 Å². The number of hydrogen-bond donors (Lipinski definition) is 1. The monoisotopic (exact) mass is 288 g/mol. The lowest BCUT2D eigenvalue weighted by Crippen LogP contribution is -2.48. The molecule has 5 nitrogen and oxygen atoms in total. The maximum atomic E-state index is 12.9. The van der Waals surface area contributed by atoms with Crippen molar-refractivity contribution in [2.45, 2.75) is 19.4 Å². The summed E-state index contributed by atoms with van der Waals surface area (Å²) < 4.78 is 37.7. The van der Waals surface area contributed by atoms with E-state index in [0.29, 0.717) is 6.42 Å². The van der Waals surface area contributed by atoms with Gasteiger partial charge in [-0.3, -0.25) is 9.10 Å². The zero-order chi connectivity index (χ0) is 14.6. The quantitative estimate of drug-likeness (QED) is 0.883. The van der Waals surface area contributed by atoms with Crippen molar-refractivity contribution < 1.29 is 17.6 Å². The van der Waals surface area contributed by atoms with Crippen LogP contribution in [0.1, 0.15) is 13.3 Å². The molecule has 1 N–H and O–H groups in total. The second-order valence-electron chi connectivity index (χ2n) is 4.07. The van der Waals surface area contributed by atoms with Gasteiger partial charge in [0.05, 0.1) is 11.9 Å². The molecule has 0 saturated carbocycles. The van der Waals surface area contributed by atoms with Gasteiger partial charge in [0.2, 0.25) is 15.9 Å². The van der Waals surface area contributed by atoms with Gasteiger partial charge in [0.15, 0.2) is 0 Å². The van der Waals surface area contributed by atoms with E-state index in [1.54, 1.807) is 6.92 Å². The summed E-state index contributed by atoms with van der Waals surface area (Å²) in [5.74, 6) is -0.873. The molecule has 0 spiro atoms. The van der Waals surface area contributed by atoms with Gasteiger partial charge in [0.1, 0.15) is 11.9 Å². The molecule has 0 unspecified atom stereocenters. The molecule has 0 bridgehead atoms. The van der Waals surface area contributed by atoms with Gasteiger partial charge in [-0.2, -0.15) is 0 Å². The number of halogens is 1. The highest BCUT2D eigenvalue weighted by atomic mass is 32.2. The molecule has 7 heteroatoms. The summed E-state index contributed by atoms with van der Waals surface area (Å²) in [7, 11) is -2.21. The minimum atomic E-state index is -3.65. The Morgan fingerprint density at radius 3 is 2.26 bits per heavy atom. The molecule has 19 heavy (non-hydrogen) atoms. The predicted octanol–water partition coefficient (Wildman–Crippen LogP) is 1.12. The molecule has 0 fully saturated rings. The maximum absolute atomic E-state index is 12.9. The third kappa shape index (κ3) is 3.66. The molecule has 0 aliphatic rings. The molecule has 0 heterocycles. The lowest BCUT2D eigenvalue weighted by molar-refractivity contribution is -0.121. The Labute approximate surface area is 112 Å². The molecule has 1 atom stereocenters. The van der Waals surface area contributed by atoms with Crippen LogP contribution in [-0.2, 0) is 14.8 Å². The Balaban J connectivity index is 3.29. The van der Waals surface area contributed by atoms with Crippen LogP contribution in [0.3, 0.4) is 0 Å². The predicted molar refractivity (Wildman–Crippen MR) is 71.9 cm³/mol. The highest BCUT2D eigenvalue weighted by Crippen LogP contribution is 2.22. The first-order valence-electron chi connectivity index (χ1n) is 5.77. The largest absolute Gasteiger partial charge is 0.357 e. The minimum Gasteiger partial charge on any atom is -0.357 e. The Hall–Kier alpha value is -1.63. The van der Waals surface area contributed by atoms with E-state index in [1.807, 2.05) is 0 Å². The smallest absolute Gasteiger partial charge is 0.243 e. The van der Waals surface area contributed by atoms with E-state index >= 15 is 0 Å². The van der Waals surface area contributed by atoms with E-state index in [1.165, 1.54) is 19.2 Å². The number of likely N-dealkylation sites (N-methyl/N-ethyl adjacent to an activating group) is 1. The summed E-state index contributed by atoms with van der Waals surface area (Å²) in [5, 5.41) is 2.43. The molecule has 1 aromatic carbocycles. The maximum Gasteiger partial charge on any atom is 0.243 e. The van der Waals surface area contributed by atoms with Crippen LogP contribution in [0.15, 0.2) is 24.3 Å². The van der Waals surface area contributed by atoms with Crippen molar-refractivity contribution in [1.29, 1.82) is 0 Å². The number of hydrogen-bond acceptors (Lipinski definition) is 3. The Morgan fingerprint density at radius 2 is 1.89 bits per heavy atom. The second kappa shape index (κ2) is 6.01. The summed E-state index contributed by atoms with van der Waals surface area (Å²) in [6, 6.07) is 4.13. The van der Waals surface area contributed by atoms with Gasteiger partial charge in [-0.25, -0.2) is 12.8 Å². The van der Waals surface area contributed by atoms with E-state index in [9.17, 15) is 17.6 Å². The number of amides is 1. The lowest BCUT2D eigenvalue weighted by atomic mass is 10.2. The number of sulfonamides is 1. The van der Waals surface area contributed by atoms with Crippen LogP contribution < -0.4 is 9.62 Å². The summed E-state index contributed by atoms with van der Waals surface area (Å²) in [6.07, 6.45) is 1.33. The number of carbonyl (C=O) groups is 1. The van der Waals surface area contributed by atoms with Crippen LogP contribution in [0.4, 0.5) is 10.1 Å². The van der Waals surface area contributed by atoms with E-state index < -0.39 is 27.8 Å². The fourth-order valence-corrected chi connectivity index (χ4v) is 3.03. The van der Waals surface area contributed by atoms with Gasteiger partial charge in [-0.1, -0.05) is 6.92 Å². The van der Waals surface area contributed by atoms with Crippen LogP contribution in [0, 0.1) is 5.82 Å². The zero-order valence-electron chi connectivity index (χ0n) is 11.1. The highest BCUT2D eigenvalue weighted by Gasteiger charge is 2.30. The first kappa shape index (κ1) is 15.4. The van der Waals surface area contributed by atoms with Crippen molar-refractivity contribution in [1.82, 2.24) is 5.32 Å². The molecular formula is C12H17FN2O3S. The van der Waals surface area contributed by atoms with Gasteiger partial charge in [0, 0.05) is 7.05 Å². The number of benzene rings is 1. The molecule has 0 aliphatic carbocycles. The van der Waals surface area contributed by atoms with Crippen LogP contribution in [0.5, 0.6) is 0 Å². The molecule has 1 amide bonds. The van der Waals surface area contributed by atoms with E-state index in [0.717, 1.165) is 22.7 Å². The number of nitrogens with one attached hydrogen (secondary N) is 1. The standard InChI is InChI=1S/C12H17FN2O3S/c1-4-11(12(16)14-2)15(19(3,17)18)10-7-5-9(13)6-8-10/h5-8,11H,4H2,1-3H3,(H,14,16)/t11-/m1/s1.